The number of halogens is 1. The average molecular weight is 224 g/mol. The van der Waals surface area contributed by atoms with Gasteiger partial charge in [-0.25, -0.2) is 4.99 Å². The molecule has 0 unspecified atom stereocenters. The molecule has 1 nitrogen and oxygen atoms in total. The summed E-state index contributed by atoms with van der Waals surface area (Å²) in [5.74, 6) is 0.657. The first-order valence-corrected chi connectivity index (χ1v) is 5.92. The monoisotopic (exact) mass is 223 g/mol. The second-order valence-electron chi connectivity index (χ2n) is 3.71. The molecule has 2 heteroatoms. The molecule has 0 aliphatic carbocycles. The minimum atomic E-state index is 0.657. The molecule has 0 bridgehead atoms. The summed E-state index contributed by atoms with van der Waals surface area (Å²) in [5, 5.41) is 0.718. The van der Waals surface area contributed by atoms with Crippen molar-refractivity contribution in [2.45, 2.75) is 33.1 Å². The molecule has 0 amide bonds. The number of hydrogen-bond acceptors (Lipinski definition) is 1. The van der Waals surface area contributed by atoms with Gasteiger partial charge < -0.3 is 0 Å². The van der Waals surface area contributed by atoms with E-state index in [9.17, 15) is 0 Å². The normalized spacial score (nSPS) is 12.1. The Bertz CT molecular complexity index is 302. The number of rotatable bonds is 5. The van der Waals surface area contributed by atoms with Crippen molar-refractivity contribution in [1.29, 1.82) is 0 Å². The van der Waals surface area contributed by atoms with Crippen molar-refractivity contribution in [3.63, 3.8) is 0 Å². The van der Waals surface area contributed by atoms with Gasteiger partial charge in [0, 0.05) is 6.42 Å². The average Bonchev–Trinajstić information content (AvgIpc) is 2.27. The van der Waals surface area contributed by atoms with E-state index in [-0.39, 0.29) is 0 Å². The Morgan fingerprint density at radius 1 is 1.20 bits per heavy atom. The fourth-order valence-electron chi connectivity index (χ4n) is 1.50. The molecule has 0 fully saturated rings. The first-order chi connectivity index (χ1) is 7.26. The van der Waals surface area contributed by atoms with Crippen molar-refractivity contribution in [2.24, 2.45) is 10.9 Å². The summed E-state index contributed by atoms with van der Waals surface area (Å²) >= 11 is 6.12. The number of nitrogens with zero attached hydrogens (tertiary/aromatic N) is 1. The molecule has 0 radical (unpaired) electrons. The molecule has 0 saturated heterocycles. The van der Waals surface area contributed by atoms with Crippen LogP contribution in [0.5, 0.6) is 0 Å². The molecule has 0 aromatic heterocycles. The van der Waals surface area contributed by atoms with Crippen LogP contribution in [0, 0.1) is 5.92 Å². The largest absolute Gasteiger partial charge is 0.241 e. The quantitative estimate of drug-likeness (QED) is 0.637. The van der Waals surface area contributed by atoms with Gasteiger partial charge in [-0.3, -0.25) is 0 Å². The van der Waals surface area contributed by atoms with Crippen molar-refractivity contribution >= 4 is 22.5 Å². The molecule has 0 atom stereocenters. The fraction of sp³-hybridized carbons (Fsp3) is 0.462. The third-order valence-corrected chi connectivity index (χ3v) is 2.86. The third kappa shape index (κ3) is 4.48. The highest BCUT2D eigenvalue weighted by Gasteiger charge is 2.06. The van der Waals surface area contributed by atoms with Crippen LogP contribution < -0.4 is 0 Å². The second-order valence-corrected chi connectivity index (χ2v) is 4.15. The first-order valence-electron chi connectivity index (χ1n) is 5.54. The van der Waals surface area contributed by atoms with Gasteiger partial charge in [0.25, 0.3) is 0 Å². The summed E-state index contributed by atoms with van der Waals surface area (Å²) in [6, 6.07) is 9.86. The van der Waals surface area contributed by atoms with Gasteiger partial charge in [0.1, 0.15) is 5.17 Å². The Morgan fingerprint density at radius 2 is 1.80 bits per heavy atom. The lowest BCUT2D eigenvalue weighted by molar-refractivity contribution is 0.514. The Kier molecular flexibility index (Phi) is 5.41. The second kappa shape index (κ2) is 6.62. The molecule has 0 heterocycles. The van der Waals surface area contributed by atoms with E-state index in [1.807, 2.05) is 30.3 Å². The number of hydrogen-bond donors (Lipinski definition) is 0. The molecule has 0 aliphatic heterocycles. The minimum absolute atomic E-state index is 0.657. The predicted molar refractivity (Wildman–Crippen MR) is 68.1 cm³/mol. The van der Waals surface area contributed by atoms with Crippen LogP contribution >= 0.6 is 11.6 Å². The smallest absolute Gasteiger partial charge is 0.107 e. The highest BCUT2D eigenvalue weighted by atomic mass is 35.5. The molecule has 0 saturated carbocycles. The topological polar surface area (TPSA) is 12.4 Å². The van der Waals surface area contributed by atoms with Crippen LogP contribution in [0.25, 0.3) is 0 Å². The molecule has 82 valence electrons. The fourth-order valence-corrected chi connectivity index (χ4v) is 1.82. The van der Waals surface area contributed by atoms with Gasteiger partial charge in [0.05, 0.1) is 5.69 Å². The lowest BCUT2D eigenvalue weighted by Crippen LogP contribution is -2.01. The third-order valence-electron chi connectivity index (χ3n) is 2.62. The van der Waals surface area contributed by atoms with E-state index in [1.54, 1.807) is 0 Å². The van der Waals surface area contributed by atoms with Gasteiger partial charge in [0.2, 0.25) is 0 Å². The minimum Gasteiger partial charge on any atom is -0.241 e. The van der Waals surface area contributed by atoms with Gasteiger partial charge >= 0.3 is 0 Å². The Labute approximate surface area is 97.2 Å². The molecule has 15 heavy (non-hydrogen) atoms. The van der Waals surface area contributed by atoms with Crippen molar-refractivity contribution in [1.82, 2.24) is 0 Å². The zero-order chi connectivity index (χ0) is 11.1. The Balaban J connectivity index is 2.60. The maximum atomic E-state index is 6.12. The standard InChI is InChI=1S/C13H18ClN/c1-3-11(4-2)10-13(14)15-12-8-6-5-7-9-12/h5-9,11H,3-4,10H2,1-2H3. The van der Waals surface area contributed by atoms with Crippen molar-refractivity contribution in [3.8, 4) is 0 Å². The molecule has 1 aromatic rings. The van der Waals surface area contributed by atoms with Crippen LogP contribution in [-0.4, -0.2) is 5.17 Å². The van der Waals surface area contributed by atoms with Crippen LogP contribution in [0.1, 0.15) is 33.1 Å². The number of para-hydroxylation sites is 1. The molecule has 0 spiro atoms. The summed E-state index contributed by atoms with van der Waals surface area (Å²) in [6.07, 6.45) is 3.22. The summed E-state index contributed by atoms with van der Waals surface area (Å²) < 4.78 is 0. The van der Waals surface area contributed by atoms with Gasteiger partial charge in [-0.2, -0.15) is 0 Å². The highest BCUT2D eigenvalue weighted by Crippen LogP contribution is 2.18. The molecule has 0 aliphatic rings. The van der Waals surface area contributed by atoms with Gasteiger partial charge in [-0.1, -0.05) is 56.5 Å². The van der Waals surface area contributed by atoms with Crippen LogP contribution in [0.2, 0.25) is 0 Å². The maximum absolute atomic E-state index is 6.12. The van der Waals surface area contributed by atoms with E-state index in [0.717, 1.165) is 30.1 Å². The summed E-state index contributed by atoms with van der Waals surface area (Å²) in [6.45, 7) is 4.39. The molecule has 0 N–H and O–H groups in total. The molecular weight excluding hydrogens is 206 g/mol. The summed E-state index contributed by atoms with van der Waals surface area (Å²) in [4.78, 5) is 4.38. The Morgan fingerprint density at radius 3 is 2.33 bits per heavy atom. The van der Waals surface area contributed by atoms with Crippen LogP contribution in [0.15, 0.2) is 35.3 Å². The van der Waals surface area contributed by atoms with Gasteiger partial charge in [-0.05, 0) is 18.1 Å². The van der Waals surface area contributed by atoms with Crippen LogP contribution in [0.4, 0.5) is 5.69 Å². The SMILES string of the molecule is CCC(CC)CC(Cl)=Nc1ccccc1. The van der Waals surface area contributed by atoms with E-state index in [1.165, 1.54) is 0 Å². The predicted octanol–water partition coefficient (Wildman–Crippen LogP) is 4.78. The number of aliphatic imine (C=N–C) groups is 1. The van der Waals surface area contributed by atoms with Crippen LogP contribution in [0.3, 0.4) is 0 Å². The molecular formula is C13H18ClN. The first kappa shape index (κ1) is 12.3. The van der Waals surface area contributed by atoms with E-state index in [4.69, 9.17) is 11.6 Å². The van der Waals surface area contributed by atoms with Gasteiger partial charge in [-0.15, -0.1) is 0 Å². The van der Waals surface area contributed by atoms with Crippen molar-refractivity contribution < 1.29 is 0 Å². The van der Waals surface area contributed by atoms with E-state index >= 15 is 0 Å². The molecule has 1 aromatic carbocycles. The van der Waals surface area contributed by atoms with E-state index < -0.39 is 0 Å². The molecule has 1 rings (SSSR count). The zero-order valence-electron chi connectivity index (χ0n) is 9.41. The van der Waals surface area contributed by atoms with E-state index in [0.29, 0.717) is 5.92 Å². The maximum Gasteiger partial charge on any atom is 0.107 e. The zero-order valence-corrected chi connectivity index (χ0v) is 10.2. The van der Waals surface area contributed by atoms with Gasteiger partial charge in [0.15, 0.2) is 0 Å². The van der Waals surface area contributed by atoms with E-state index in [2.05, 4.69) is 18.8 Å². The number of benzene rings is 1. The Hall–Kier alpha value is -0.820. The lowest BCUT2D eigenvalue weighted by Gasteiger charge is -2.09. The highest BCUT2D eigenvalue weighted by molar-refractivity contribution is 6.65. The van der Waals surface area contributed by atoms with Crippen LogP contribution in [-0.2, 0) is 0 Å². The summed E-state index contributed by atoms with van der Waals surface area (Å²) in [7, 11) is 0. The van der Waals surface area contributed by atoms with Crippen molar-refractivity contribution in [2.75, 3.05) is 0 Å². The lowest BCUT2D eigenvalue weighted by atomic mass is 10.0. The summed E-state index contributed by atoms with van der Waals surface area (Å²) in [5.41, 5.74) is 0.938. The van der Waals surface area contributed by atoms with Crippen molar-refractivity contribution in [3.05, 3.63) is 30.3 Å².